The minimum Gasteiger partial charge on any atom is -0.296 e. The van der Waals surface area contributed by atoms with E-state index < -0.39 is 0 Å². The summed E-state index contributed by atoms with van der Waals surface area (Å²) in [6.07, 6.45) is 0.700. The summed E-state index contributed by atoms with van der Waals surface area (Å²) in [4.78, 5) is 11.2. The molecule has 1 heterocycles. The molecule has 0 fully saturated rings. The quantitative estimate of drug-likeness (QED) is 0.694. The molecule has 4 nitrogen and oxygen atoms in total. The standard InChI is InChI=1S/C17H14FN3O/c1-12-3-2-4-14(9-12)17-16(11-22)19-20-21(17)10-13-5-7-15(18)8-6-13/h2-9,11H,10H2,1H3. The number of carbonyl (C=O) groups excluding carboxylic acids is 1. The zero-order chi connectivity index (χ0) is 15.5. The number of nitrogens with zero attached hydrogens (tertiary/aromatic N) is 3. The Hall–Kier alpha value is -2.82. The summed E-state index contributed by atoms with van der Waals surface area (Å²) in [6, 6.07) is 14.0. The molecule has 0 unspecified atom stereocenters. The van der Waals surface area contributed by atoms with Gasteiger partial charge in [0.15, 0.2) is 12.0 Å². The van der Waals surface area contributed by atoms with Crippen LogP contribution in [0.3, 0.4) is 0 Å². The lowest BCUT2D eigenvalue weighted by Crippen LogP contribution is -2.04. The average Bonchev–Trinajstić information content (AvgIpc) is 2.92. The first-order valence-electron chi connectivity index (χ1n) is 6.87. The molecule has 0 N–H and O–H groups in total. The topological polar surface area (TPSA) is 47.8 Å². The third kappa shape index (κ3) is 2.79. The maximum Gasteiger partial charge on any atom is 0.172 e. The number of benzene rings is 2. The molecule has 2 aromatic carbocycles. The molecule has 0 saturated carbocycles. The highest BCUT2D eigenvalue weighted by Gasteiger charge is 2.14. The van der Waals surface area contributed by atoms with Gasteiger partial charge in [-0.25, -0.2) is 9.07 Å². The summed E-state index contributed by atoms with van der Waals surface area (Å²) in [6.45, 7) is 2.41. The second kappa shape index (κ2) is 5.89. The van der Waals surface area contributed by atoms with E-state index in [-0.39, 0.29) is 5.82 Å². The Kier molecular flexibility index (Phi) is 3.78. The average molecular weight is 295 g/mol. The maximum absolute atomic E-state index is 13.0. The van der Waals surface area contributed by atoms with Crippen molar-refractivity contribution in [3.05, 3.63) is 71.2 Å². The van der Waals surface area contributed by atoms with Crippen molar-refractivity contribution in [3.8, 4) is 11.3 Å². The zero-order valence-electron chi connectivity index (χ0n) is 12.0. The summed E-state index contributed by atoms with van der Waals surface area (Å²) in [5.41, 5.74) is 3.83. The van der Waals surface area contributed by atoms with Gasteiger partial charge in [-0.3, -0.25) is 4.79 Å². The lowest BCUT2D eigenvalue weighted by Gasteiger charge is -2.08. The number of hydrogen-bond acceptors (Lipinski definition) is 3. The van der Waals surface area contributed by atoms with Crippen LogP contribution in [0.2, 0.25) is 0 Å². The van der Waals surface area contributed by atoms with Crippen LogP contribution in [-0.4, -0.2) is 21.3 Å². The van der Waals surface area contributed by atoms with Gasteiger partial charge in [0, 0.05) is 5.56 Å². The van der Waals surface area contributed by atoms with Crippen molar-refractivity contribution in [1.29, 1.82) is 0 Å². The Labute approximate surface area is 127 Å². The van der Waals surface area contributed by atoms with Crippen molar-refractivity contribution in [3.63, 3.8) is 0 Å². The minimum atomic E-state index is -0.283. The number of halogens is 1. The molecule has 1 aromatic heterocycles. The molecule has 0 amide bonds. The lowest BCUT2D eigenvalue weighted by molar-refractivity contribution is 0.111. The summed E-state index contributed by atoms with van der Waals surface area (Å²) in [5.74, 6) is -0.283. The van der Waals surface area contributed by atoms with Gasteiger partial charge in [0.25, 0.3) is 0 Å². The van der Waals surface area contributed by atoms with Gasteiger partial charge in [-0.2, -0.15) is 0 Å². The first-order valence-corrected chi connectivity index (χ1v) is 6.87. The van der Waals surface area contributed by atoms with Crippen molar-refractivity contribution in [2.75, 3.05) is 0 Å². The van der Waals surface area contributed by atoms with Crippen LogP contribution in [-0.2, 0) is 6.54 Å². The van der Waals surface area contributed by atoms with E-state index in [0.29, 0.717) is 24.2 Å². The fourth-order valence-electron chi connectivity index (χ4n) is 2.37. The molecule has 0 aliphatic rings. The van der Waals surface area contributed by atoms with Gasteiger partial charge in [-0.15, -0.1) is 5.10 Å². The smallest absolute Gasteiger partial charge is 0.172 e. The monoisotopic (exact) mass is 295 g/mol. The molecule has 0 bridgehead atoms. The van der Waals surface area contributed by atoms with Gasteiger partial charge in [0.2, 0.25) is 0 Å². The second-order valence-electron chi connectivity index (χ2n) is 5.09. The fraction of sp³-hybridized carbons (Fsp3) is 0.118. The van der Waals surface area contributed by atoms with E-state index in [9.17, 15) is 9.18 Å². The zero-order valence-corrected chi connectivity index (χ0v) is 12.0. The van der Waals surface area contributed by atoms with Crippen molar-refractivity contribution in [2.45, 2.75) is 13.5 Å². The van der Waals surface area contributed by atoms with Crippen molar-refractivity contribution < 1.29 is 9.18 Å². The van der Waals surface area contributed by atoms with Crippen LogP contribution in [0.1, 0.15) is 21.6 Å². The van der Waals surface area contributed by atoms with E-state index in [4.69, 9.17) is 0 Å². The van der Waals surface area contributed by atoms with Crippen LogP contribution in [0.15, 0.2) is 48.5 Å². The van der Waals surface area contributed by atoms with E-state index >= 15 is 0 Å². The molecule has 0 spiro atoms. The molecule has 0 radical (unpaired) electrons. The molecule has 0 aliphatic heterocycles. The van der Waals surface area contributed by atoms with Gasteiger partial charge >= 0.3 is 0 Å². The van der Waals surface area contributed by atoms with E-state index in [1.165, 1.54) is 12.1 Å². The first-order chi connectivity index (χ1) is 10.7. The Balaban J connectivity index is 2.03. The molecule has 22 heavy (non-hydrogen) atoms. The van der Waals surface area contributed by atoms with Gasteiger partial charge in [0.05, 0.1) is 12.2 Å². The van der Waals surface area contributed by atoms with Crippen LogP contribution in [0, 0.1) is 12.7 Å². The summed E-state index contributed by atoms with van der Waals surface area (Å²) in [5, 5.41) is 7.98. The van der Waals surface area contributed by atoms with Gasteiger partial charge in [0.1, 0.15) is 5.82 Å². The number of rotatable bonds is 4. The van der Waals surface area contributed by atoms with Crippen molar-refractivity contribution in [2.24, 2.45) is 0 Å². The van der Waals surface area contributed by atoms with Crippen LogP contribution in [0.5, 0.6) is 0 Å². The van der Waals surface area contributed by atoms with E-state index in [1.807, 2.05) is 31.2 Å². The molecule has 3 aromatic rings. The largest absolute Gasteiger partial charge is 0.296 e. The van der Waals surface area contributed by atoms with Gasteiger partial charge < -0.3 is 0 Å². The predicted molar refractivity (Wildman–Crippen MR) is 81.1 cm³/mol. The SMILES string of the molecule is Cc1cccc(-c2c(C=O)nnn2Cc2ccc(F)cc2)c1. The molecule has 0 saturated heterocycles. The number of hydrogen-bond donors (Lipinski definition) is 0. The molecule has 110 valence electrons. The normalized spacial score (nSPS) is 10.6. The van der Waals surface area contributed by atoms with Gasteiger partial charge in [-0.05, 0) is 30.7 Å². The van der Waals surface area contributed by atoms with Gasteiger partial charge in [-0.1, -0.05) is 41.1 Å². The highest BCUT2D eigenvalue weighted by molar-refractivity contribution is 5.83. The number of carbonyl (C=O) groups is 1. The first kappa shape index (κ1) is 14.1. The highest BCUT2D eigenvalue weighted by atomic mass is 19.1. The predicted octanol–water partition coefficient (Wildman–Crippen LogP) is 3.25. The number of aromatic nitrogens is 3. The molecule has 0 atom stereocenters. The molecule has 3 rings (SSSR count). The molecular weight excluding hydrogens is 281 g/mol. The maximum atomic E-state index is 13.0. The summed E-state index contributed by atoms with van der Waals surface area (Å²) < 4.78 is 14.7. The van der Waals surface area contributed by atoms with Crippen molar-refractivity contribution >= 4 is 6.29 Å². The van der Waals surface area contributed by atoms with Crippen LogP contribution in [0.25, 0.3) is 11.3 Å². The third-order valence-corrected chi connectivity index (χ3v) is 3.41. The van der Waals surface area contributed by atoms with Crippen LogP contribution < -0.4 is 0 Å². The minimum absolute atomic E-state index is 0.283. The Morgan fingerprint density at radius 3 is 2.64 bits per heavy atom. The lowest BCUT2D eigenvalue weighted by atomic mass is 10.1. The number of aryl methyl sites for hydroxylation is 1. The Morgan fingerprint density at radius 2 is 1.95 bits per heavy atom. The van der Waals surface area contributed by atoms with Crippen LogP contribution >= 0.6 is 0 Å². The Bertz CT molecular complexity index is 809. The molecular formula is C17H14FN3O. The highest BCUT2D eigenvalue weighted by Crippen LogP contribution is 2.23. The van der Waals surface area contributed by atoms with Crippen LogP contribution in [0.4, 0.5) is 4.39 Å². The van der Waals surface area contributed by atoms with E-state index in [0.717, 1.165) is 16.7 Å². The summed E-state index contributed by atoms with van der Waals surface area (Å²) in [7, 11) is 0. The second-order valence-corrected chi connectivity index (χ2v) is 5.09. The van der Waals surface area contributed by atoms with E-state index in [1.54, 1.807) is 16.8 Å². The van der Waals surface area contributed by atoms with E-state index in [2.05, 4.69) is 10.3 Å². The van der Waals surface area contributed by atoms with Crippen molar-refractivity contribution in [1.82, 2.24) is 15.0 Å². The third-order valence-electron chi connectivity index (χ3n) is 3.41. The molecule has 0 aliphatic carbocycles. The fourth-order valence-corrected chi connectivity index (χ4v) is 2.37. The molecule has 5 heteroatoms. The number of aldehydes is 1. The summed E-state index contributed by atoms with van der Waals surface area (Å²) >= 11 is 0. The Morgan fingerprint density at radius 1 is 1.18 bits per heavy atom.